The molecule has 6 atom stereocenters. The highest BCUT2D eigenvalue weighted by molar-refractivity contribution is 4.99. The van der Waals surface area contributed by atoms with E-state index < -0.39 is 0 Å². The normalized spacial score (nSPS) is 25.9. The minimum absolute atomic E-state index is 0.884. The lowest BCUT2D eigenvalue weighted by molar-refractivity contribution is 0.0968. The highest BCUT2D eigenvalue weighted by Gasteiger charge is 2.50. The molecule has 7 rings (SSSR count). The maximum Gasteiger partial charge on any atom is 0.0466 e. The van der Waals surface area contributed by atoms with Crippen molar-refractivity contribution >= 4 is 0 Å². The van der Waals surface area contributed by atoms with E-state index in [1.54, 1.807) is 51.4 Å². The van der Waals surface area contributed by atoms with E-state index in [-0.39, 0.29) is 0 Å². The van der Waals surface area contributed by atoms with E-state index in [0.29, 0.717) is 0 Å². The van der Waals surface area contributed by atoms with E-state index in [1.165, 1.54) is 138 Å². The first kappa shape index (κ1) is 62.6. The van der Waals surface area contributed by atoms with E-state index in [9.17, 15) is 0 Å². The molecule has 0 spiro atoms. The molecule has 344 valence electrons. The van der Waals surface area contributed by atoms with E-state index >= 15 is 0 Å². The predicted octanol–water partition coefficient (Wildman–Crippen LogP) is 20.1. The number of hydrogen-bond donors (Lipinski definition) is 0. The summed E-state index contributed by atoms with van der Waals surface area (Å²) in [5.41, 5.74) is 0. The Hall–Kier alpha value is -0.0400. The Balaban J connectivity index is -0.000000270. The Morgan fingerprint density at radius 1 is 0.357 bits per heavy atom. The van der Waals surface area contributed by atoms with Crippen LogP contribution in [0.5, 0.6) is 0 Å². The first-order chi connectivity index (χ1) is 26.7. The SMILES string of the molecule is C1CC2CC2C1.C1CCC2CC2C1.C1CCOCC1.CCC.CCC.CCC.CCC(C)C.CCC(C)C.CCC(C)C.CCC(C)C.CCC1C2CCCC12. The fourth-order valence-electron chi connectivity index (χ4n) is 6.75. The fourth-order valence-corrected chi connectivity index (χ4v) is 6.75. The maximum atomic E-state index is 5.07. The second kappa shape index (κ2) is 46.0. The monoisotopic (exact) mass is 795 g/mol. The summed E-state index contributed by atoms with van der Waals surface area (Å²) in [4.78, 5) is 0. The van der Waals surface area contributed by atoms with E-state index in [0.717, 1.165) is 36.9 Å². The van der Waals surface area contributed by atoms with Crippen molar-refractivity contribution in [2.45, 2.75) is 279 Å². The van der Waals surface area contributed by atoms with Gasteiger partial charge in [0, 0.05) is 13.2 Å². The largest absolute Gasteiger partial charge is 0.381 e. The standard InChI is InChI=1S/C8H14.C7H12.C6H10.C5H10O.4C5H12.3C3H8/c1-2-6-7-4-3-5-8(6)7;1-2-4-7-5-6(7)3-1;1-2-5-4-6(5)3-1;1-2-4-6-5-3-1;4*1-4-5(2)3;3*1-3-2/h6-8H,2-5H2,1H3;6-7H,1-5H2;5-6H,1-4H2;1-5H2;4*5H,4H2,1-3H3;3*3H2,1-2H3. The molecule has 0 aromatic rings. The van der Waals surface area contributed by atoms with Crippen LogP contribution in [-0.2, 0) is 4.74 Å². The van der Waals surface area contributed by atoms with Gasteiger partial charge in [0.25, 0.3) is 0 Å². The van der Waals surface area contributed by atoms with Crippen molar-refractivity contribution in [2.75, 3.05) is 13.2 Å². The van der Waals surface area contributed by atoms with Crippen molar-refractivity contribution in [3.05, 3.63) is 0 Å². The van der Waals surface area contributed by atoms with Crippen molar-refractivity contribution in [3.63, 3.8) is 0 Å². The molecule has 7 fully saturated rings. The molecule has 1 saturated heterocycles. The number of hydrogen-bond acceptors (Lipinski definition) is 1. The van der Waals surface area contributed by atoms with Gasteiger partial charge in [-0.3, -0.25) is 0 Å². The number of ether oxygens (including phenoxy) is 1. The zero-order valence-corrected chi connectivity index (χ0v) is 43.4. The third-order valence-corrected chi connectivity index (χ3v) is 12.1. The Bertz CT molecular complexity index is 606. The average molecular weight is 796 g/mol. The lowest BCUT2D eigenvalue weighted by Crippen LogP contribution is -2.03. The second-order valence-corrected chi connectivity index (χ2v) is 20.1. The summed E-state index contributed by atoms with van der Waals surface area (Å²) in [7, 11) is 0. The van der Waals surface area contributed by atoms with Crippen molar-refractivity contribution in [2.24, 2.45) is 65.1 Å². The van der Waals surface area contributed by atoms with Crippen LogP contribution >= 0.6 is 0 Å². The highest BCUT2D eigenvalue weighted by Crippen LogP contribution is 2.58. The predicted molar refractivity (Wildman–Crippen MR) is 263 cm³/mol. The van der Waals surface area contributed by atoms with Crippen LogP contribution in [0.1, 0.15) is 279 Å². The van der Waals surface area contributed by atoms with Gasteiger partial charge in [-0.1, -0.05) is 234 Å². The molecule has 0 aromatic carbocycles. The first-order valence-electron chi connectivity index (χ1n) is 26.3. The second-order valence-electron chi connectivity index (χ2n) is 20.1. The fraction of sp³-hybridized carbons (Fsp3) is 1.00. The summed E-state index contributed by atoms with van der Waals surface area (Å²) in [5, 5.41) is 0. The molecule has 0 radical (unpaired) electrons. The Kier molecular flexibility index (Phi) is 51.5. The molecule has 56 heavy (non-hydrogen) atoms. The van der Waals surface area contributed by atoms with Gasteiger partial charge in [0.15, 0.2) is 0 Å². The van der Waals surface area contributed by atoms with Crippen LogP contribution in [-0.4, -0.2) is 13.2 Å². The van der Waals surface area contributed by atoms with Gasteiger partial charge in [0.2, 0.25) is 0 Å². The summed E-state index contributed by atoms with van der Waals surface area (Å²) in [6.45, 7) is 43.7. The topological polar surface area (TPSA) is 9.23 Å². The minimum atomic E-state index is 0.884. The molecule has 1 aliphatic heterocycles. The molecule has 6 unspecified atom stereocenters. The molecule has 1 heteroatoms. The molecule has 1 heterocycles. The van der Waals surface area contributed by atoms with Gasteiger partial charge < -0.3 is 4.74 Å². The van der Waals surface area contributed by atoms with Crippen LogP contribution in [0.2, 0.25) is 0 Å². The smallest absolute Gasteiger partial charge is 0.0466 e. The molecular weight excluding hydrogens is 677 g/mol. The summed E-state index contributed by atoms with van der Waals surface area (Å²) in [5.74, 6) is 11.9. The molecule has 6 saturated carbocycles. The molecule has 6 aliphatic carbocycles. The molecule has 0 amide bonds. The van der Waals surface area contributed by atoms with Gasteiger partial charge in [0.1, 0.15) is 0 Å². The molecular formula is C55H118O. The lowest BCUT2D eigenvalue weighted by Gasteiger charge is -2.08. The molecule has 0 aromatic heterocycles. The highest BCUT2D eigenvalue weighted by atomic mass is 16.5. The van der Waals surface area contributed by atoms with E-state index in [4.69, 9.17) is 4.74 Å². The average Bonchev–Trinajstić information content (AvgIpc) is 4.16. The van der Waals surface area contributed by atoms with Crippen LogP contribution in [0.4, 0.5) is 0 Å². The van der Waals surface area contributed by atoms with Crippen molar-refractivity contribution in [1.82, 2.24) is 0 Å². The zero-order valence-electron chi connectivity index (χ0n) is 43.4. The zero-order chi connectivity index (χ0) is 43.7. The van der Waals surface area contributed by atoms with Crippen LogP contribution in [0, 0.1) is 65.1 Å². The van der Waals surface area contributed by atoms with Gasteiger partial charge >= 0.3 is 0 Å². The Labute approximate surface area is 361 Å². The minimum Gasteiger partial charge on any atom is -0.381 e. The van der Waals surface area contributed by atoms with Gasteiger partial charge in [-0.25, -0.2) is 0 Å². The third kappa shape index (κ3) is 46.6. The summed E-state index contributed by atoms with van der Waals surface area (Å²) in [6.07, 6.45) is 33.0. The molecule has 7 aliphatic rings. The Morgan fingerprint density at radius 3 is 0.750 bits per heavy atom. The van der Waals surface area contributed by atoms with Gasteiger partial charge in [0.05, 0.1) is 0 Å². The summed E-state index contributed by atoms with van der Waals surface area (Å²) < 4.78 is 5.07. The number of fused-ring (bicyclic) bond motifs is 3. The van der Waals surface area contributed by atoms with Crippen molar-refractivity contribution in [3.8, 4) is 0 Å². The van der Waals surface area contributed by atoms with E-state index in [2.05, 4.69) is 132 Å². The molecule has 0 N–H and O–H groups in total. The quantitative estimate of drug-likeness (QED) is 0.269. The summed E-state index contributed by atoms with van der Waals surface area (Å²) >= 11 is 0. The molecule has 0 bridgehead atoms. The third-order valence-electron chi connectivity index (χ3n) is 12.1. The lowest BCUT2D eigenvalue weighted by atomic mass is 10.0. The first-order valence-corrected chi connectivity index (χ1v) is 26.3. The van der Waals surface area contributed by atoms with Crippen molar-refractivity contribution in [1.29, 1.82) is 0 Å². The summed E-state index contributed by atoms with van der Waals surface area (Å²) in [6, 6.07) is 0. The van der Waals surface area contributed by atoms with Crippen LogP contribution in [0.15, 0.2) is 0 Å². The van der Waals surface area contributed by atoms with Crippen LogP contribution < -0.4 is 0 Å². The van der Waals surface area contributed by atoms with Gasteiger partial charge in [-0.05, 0) is 110 Å². The number of rotatable bonds is 5. The molecule has 1 nitrogen and oxygen atoms in total. The Morgan fingerprint density at radius 2 is 0.607 bits per heavy atom. The van der Waals surface area contributed by atoms with Crippen molar-refractivity contribution < 1.29 is 4.74 Å². The van der Waals surface area contributed by atoms with Gasteiger partial charge in [-0.15, -0.1) is 0 Å². The van der Waals surface area contributed by atoms with Crippen LogP contribution in [0.3, 0.4) is 0 Å². The van der Waals surface area contributed by atoms with Gasteiger partial charge in [-0.2, -0.15) is 0 Å². The maximum absolute atomic E-state index is 5.07. The van der Waals surface area contributed by atoms with Crippen LogP contribution in [0.25, 0.3) is 0 Å². The van der Waals surface area contributed by atoms with E-state index in [1.807, 2.05) is 0 Å².